The summed E-state index contributed by atoms with van der Waals surface area (Å²) in [6, 6.07) is 0. The average molecular weight is 210 g/mol. The minimum absolute atomic E-state index is 0.552. The number of aromatic amines is 1. The van der Waals surface area contributed by atoms with Crippen LogP contribution in [0.4, 0.5) is 5.82 Å². The number of nitrogens with two attached hydrogens (primary N) is 1. The monoisotopic (exact) mass is 210 g/mol. The summed E-state index contributed by atoms with van der Waals surface area (Å²) in [5.41, 5.74) is 5.65. The zero-order valence-electron chi connectivity index (χ0n) is 7.85. The van der Waals surface area contributed by atoms with Gasteiger partial charge in [-0.25, -0.2) is 0 Å². The van der Waals surface area contributed by atoms with Crippen LogP contribution in [-0.2, 0) is 7.05 Å². The number of nitrogens with zero attached hydrogens (tertiary/aromatic N) is 4. The lowest BCUT2D eigenvalue weighted by Crippen LogP contribution is -1.93. The SMILES string of the molecule is Cc1nnc(Sc2cn[nH]c2N)n1C. The van der Waals surface area contributed by atoms with Crippen molar-refractivity contribution < 1.29 is 0 Å². The van der Waals surface area contributed by atoms with Crippen LogP contribution < -0.4 is 5.73 Å². The second-order valence-corrected chi connectivity index (χ2v) is 3.85. The van der Waals surface area contributed by atoms with E-state index in [1.807, 2.05) is 18.5 Å². The van der Waals surface area contributed by atoms with Gasteiger partial charge in [0.1, 0.15) is 11.6 Å². The number of hydrogen-bond donors (Lipinski definition) is 2. The minimum Gasteiger partial charge on any atom is -0.383 e. The van der Waals surface area contributed by atoms with E-state index < -0.39 is 0 Å². The van der Waals surface area contributed by atoms with Crippen LogP contribution in [-0.4, -0.2) is 25.0 Å². The van der Waals surface area contributed by atoms with Gasteiger partial charge in [-0.3, -0.25) is 5.10 Å². The van der Waals surface area contributed by atoms with Gasteiger partial charge >= 0.3 is 0 Å². The summed E-state index contributed by atoms with van der Waals surface area (Å²) >= 11 is 1.44. The highest BCUT2D eigenvalue weighted by Crippen LogP contribution is 2.28. The quantitative estimate of drug-likeness (QED) is 0.757. The van der Waals surface area contributed by atoms with Crippen LogP contribution in [0.15, 0.2) is 16.2 Å². The van der Waals surface area contributed by atoms with E-state index in [1.165, 1.54) is 11.8 Å². The van der Waals surface area contributed by atoms with Gasteiger partial charge in [-0.2, -0.15) is 5.10 Å². The number of H-pyrrole nitrogens is 1. The van der Waals surface area contributed by atoms with Crippen molar-refractivity contribution in [3.63, 3.8) is 0 Å². The second-order valence-electron chi connectivity index (χ2n) is 2.84. The van der Waals surface area contributed by atoms with Gasteiger partial charge in [-0.1, -0.05) is 0 Å². The fourth-order valence-electron chi connectivity index (χ4n) is 0.941. The summed E-state index contributed by atoms with van der Waals surface area (Å²) in [7, 11) is 1.91. The lowest BCUT2D eigenvalue weighted by Gasteiger charge is -1.99. The lowest BCUT2D eigenvalue weighted by molar-refractivity contribution is 0.766. The molecule has 0 saturated heterocycles. The smallest absolute Gasteiger partial charge is 0.195 e. The van der Waals surface area contributed by atoms with Gasteiger partial charge in [0.15, 0.2) is 5.16 Å². The molecule has 2 rings (SSSR count). The first kappa shape index (κ1) is 9.07. The van der Waals surface area contributed by atoms with Crippen molar-refractivity contribution in [1.29, 1.82) is 0 Å². The molecule has 2 aromatic heterocycles. The Kier molecular flexibility index (Phi) is 2.16. The molecule has 0 amide bonds. The molecule has 0 aliphatic carbocycles. The van der Waals surface area contributed by atoms with Crippen LogP contribution in [0.25, 0.3) is 0 Å². The molecule has 2 heterocycles. The summed E-state index contributed by atoms with van der Waals surface area (Å²) in [4.78, 5) is 0.862. The molecule has 3 N–H and O–H groups in total. The first-order valence-corrected chi connectivity index (χ1v) is 4.83. The van der Waals surface area contributed by atoms with Crippen LogP contribution in [0, 0.1) is 6.92 Å². The third-order valence-electron chi connectivity index (χ3n) is 1.89. The summed E-state index contributed by atoms with van der Waals surface area (Å²) < 4.78 is 1.90. The maximum Gasteiger partial charge on any atom is 0.195 e. The summed E-state index contributed by atoms with van der Waals surface area (Å²) in [6.45, 7) is 1.90. The zero-order chi connectivity index (χ0) is 10.1. The second kappa shape index (κ2) is 3.33. The van der Waals surface area contributed by atoms with Gasteiger partial charge in [0.05, 0.1) is 11.1 Å². The zero-order valence-corrected chi connectivity index (χ0v) is 8.67. The van der Waals surface area contributed by atoms with E-state index >= 15 is 0 Å². The molecular formula is C7H10N6S. The molecule has 14 heavy (non-hydrogen) atoms. The molecule has 6 nitrogen and oxygen atoms in total. The van der Waals surface area contributed by atoms with Crippen molar-refractivity contribution in [2.75, 3.05) is 5.73 Å². The van der Waals surface area contributed by atoms with E-state index in [2.05, 4.69) is 20.4 Å². The molecule has 0 fully saturated rings. The molecule has 7 heteroatoms. The van der Waals surface area contributed by atoms with Crippen molar-refractivity contribution in [3.05, 3.63) is 12.0 Å². The first-order valence-electron chi connectivity index (χ1n) is 4.01. The number of rotatable bonds is 2. The van der Waals surface area contributed by atoms with Gasteiger partial charge in [-0.05, 0) is 18.7 Å². The van der Waals surface area contributed by atoms with Crippen LogP contribution in [0.1, 0.15) is 5.82 Å². The Labute approximate surface area is 84.9 Å². The Morgan fingerprint density at radius 3 is 2.79 bits per heavy atom. The van der Waals surface area contributed by atoms with Gasteiger partial charge in [0.2, 0.25) is 0 Å². The van der Waals surface area contributed by atoms with E-state index in [0.29, 0.717) is 5.82 Å². The number of nitrogens with one attached hydrogen (secondary N) is 1. The standard InChI is InChI=1S/C7H10N6S/c1-4-10-12-7(13(4)2)14-5-3-9-11-6(5)8/h3H,1-2H3,(H3,8,9,11). The van der Waals surface area contributed by atoms with Crippen molar-refractivity contribution in [2.45, 2.75) is 17.0 Å². The molecule has 0 atom stereocenters. The highest BCUT2D eigenvalue weighted by Gasteiger charge is 2.09. The van der Waals surface area contributed by atoms with Crippen LogP contribution >= 0.6 is 11.8 Å². The van der Waals surface area contributed by atoms with E-state index in [9.17, 15) is 0 Å². The van der Waals surface area contributed by atoms with E-state index in [0.717, 1.165) is 15.9 Å². The van der Waals surface area contributed by atoms with Crippen LogP contribution in [0.3, 0.4) is 0 Å². The summed E-state index contributed by atoms with van der Waals surface area (Å²) in [5, 5.41) is 15.2. The molecule has 0 bridgehead atoms. The van der Waals surface area contributed by atoms with Crippen LogP contribution in [0.2, 0.25) is 0 Å². The molecule has 0 radical (unpaired) electrons. The Balaban J connectivity index is 2.27. The van der Waals surface area contributed by atoms with E-state index in [-0.39, 0.29) is 0 Å². The fourth-order valence-corrected chi connectivity index (χ4v) is 1.75. The molecule has 0 aliphatic rings. The maximum atomic E-state index is 5.65. The summed E-state index contributed by atoms with van der Waals surface area (Å²) in [5.74, 6) is 1.42. The molecule has 74 valence electrons. The average Bonchev–Trinajstić information content (AvgIpc) is 2.68. The molecule has 0 spiro atoms. The molecule has 2 aromatic rings. The first-order chi connectivity index (χ1) is 6.68. The van der Waals surface area contributed by atoms with Crippen molar-refractivity contribution >= 4 is 17.6 Å². The van der Waals surface area contributed by atoms with Gasteiger partial charge < -0.3 is 10.3 Å². The normalized spacial score (nSPS) is 10.7. The van der Waals surface area contributed by atoms with Crippen molar-refractivity contribution in [3.8, 4) is 0 Å². The Bertz CT molecular complexity index is 445. The fraction of sp³-hybridized carbons (Fsp3) is 0.286. The topological polar surface area (TPSA) is 85.4 Å². The third kappa shape index (κ3) is 1.46. The van der Waals surface area contributed by atoms with Gasteiger partial charge in [0, 0.05) is 7.05 Å². The van der Waals surface area contributed by atoms with Crippen molar-refractivity contribution in [2.24, 2.45) is 7.05 Å². The largest absolute Gasteiger partial charge is 0.383 e. The summed E-state index contributed by atoms with van der Waals surface area (Å²) in [6.07, 6.45) is 1.67. The maximum absolute atomic E-state index is 5.65. The van der Waals surface area contributed by atoms with E-state index in [1.54, 1.807) is 6.20 Å². The Morgan fingerprint density at radius 2 is 2.29 bits per heavy atom. The number of anilines is 1. The lowest BCUT2D eigenvalue weighted by atomic mass is 10.7. The Morgan fingerprint density at radius 1 is 1.50 bits per heavy atom. The minimum atomic E-state index is 0.552. The number of nitrogen functional groups attached to an aromatic ring is 1. The Hall–Kier alpha value is -1.50. The number of aromatic nitrogens is 5. The highest BCUT2D eigenvalue weighted by molar-refractivity contribution is 7.99. The highest BCUT2D eigenvalue weighted by atomic mass is 32.2. The molecule has 0 aromatic carbocycles. The number of hydrogen-bond acceptors (Lipinski definition) is 5. The molecule has 0 unspecified atom stereocenters. The van der Waals surface area contributed by atoms with Gasteiger partial charge in [0.25, 0.3) is 0 Å². The third-order valence-corrected chi connectivity index (χ3v) is 2.97. The van der Waals surface area contributed by atoms with Crippen molar-refractivity contribution in [1.82, 2.24) is 25.0 Å². The van der Waals surface area contributed by atoms with E-state index in [4.69, 9.17) is 5.73 Å². The predicted octanol–water partition coefficient (Wildman–Crippen LogP) is 0.580. The molecule has 0 saturated carbocycles. The molecular weight excluding hydrogens is 200 g/mol. The predicted molar refractivity (Wildman–Crippen MR) is 52.9 cm³/mol. The molecule has 0 aliphatic heterocycles. The van der Waals surface area contributed by atoms with Crippen LogP contribution in [0.5, 0.6) is 0 Å². The number of aryl methyl sites for hydroxylation is 1. The van der Waals surface area contributed by atoms with Gasteiger partial charge in [-0.15, -0.1) is 10.2 Å².